The van der Waals surface area contributed by atoms with Crippen LogP contribution in [0.1, 0.15) is 31.7 Å². The van der Waals surface area contributed by atoms with Gasteiger partial charge in [0.25, 0.3) is 0 Å². The molecule has 0 saturated carbocycles. The number of nitrogens with zero attached hydrogens (tertiary/aromatic N) is 4. The number of hydrogen-bond donors (Lipinski definition) is 0. The second-order valence-corrected chi connectivity index (χ2v) is 6.62. The second-order valence-electron chi connectivity index (χ2n) is 6.24. The third kappa shape index (κ3) is 3.11. The highest BCUT2D eigenvalue weighted by molar-refractivity contribution is 6.30. The van der Waals surface area contributed by atoms with E-state index in [-0.39, 0.29) is 6.09 Å². The molecule has 128 valence electrons. The quantitative estimate of drug-likeness (QED) is 0.775. The van der Waals surface area contributed by atoms with Crippen molar-refractivity contribution in [2.45, 2.75) is 26.2 Å². The largest absolute Gasteiger partial charge is 0.453 e. The molecule has 0 atom stereocenters. The molecule has 6 nitrogen and oxygen atoms in total. The van der Waals surface area contributed by atoms with Gasteiger partial charge in [0, 0.05) is 30.9 Å². The van der Waals surface area contributed by atoms with Crippen LogP contribution in [0.5, 0.6) is 0 Å². The van der Waals surface area contributed by atoms with E-state index in [9.17, 15) is 4.79 Å². The van der Waals surface area contributed by atoms with Crippen molar-refractivity contribution in [3.63, 3.8) is 0 Å². The van der Waals surface area contributed by atoms with Crippen molar-refractivity contribution in [1.82, 2.24) is 14.9 Å². The third-order valence-electron chi connectivity index (χ3n) is 4.30. The summed E-state index contributed by atoms with van der Waals surface area (Å²) in [7, 11) is 1.40. The van der Waals surface area contributed by atoms with Gasteiger partial charge in [-0.2, -0.15) is 0 Å². The minimum Gasteiger partial charge on any atom is -0.453 e. The number of fused-ring (bicyclic) bond motifs is 1. The maximum Gasteiger partial charge on any atom is 0.410 e. The molecule has 0 bridgehead atoms. The average molecular weight is 349 g/mol. The predicted molar refractivity (Wildman–Crippen MR) is 94.6 cm³/mol. The van der Waals surface area contributed by atoms with Gasteiger partial charge in [0.05, 0.1) is 13.8 Å². The van der Waals surface area contributed by atoms with Gasteiger partial charge in [-0.15, -0.1) is 0 Å². The Hall–Kier alpha value is -2.08. The summed E-state index contributed by atoms with van der Waals surface area (Å²) in [4.78, 5) is 24.5. The van der Waals surface area contributed by atoms with Gasteiger partial charge in [-0.3, -0.25) is 4.90 Å². The number of anilines is 1. The maximum atomic E-state index is 11.8. The van der Waals surface area contributed by atoms with E-state index in [1.165, 1.54) is 7.11 Å². The fourth-order valence-electron chi connectivity index (χ4n) is 3.08. The Morgan fingerprint density at radius 1 is 1.25 bits per heavy atom. The molecule has 1 aliphatic heterocycles. The molecule has 1 saturated heterocycles. The highest BCUT2D eigenvalue weighted by Gasteiger charge is 2.25. The van der Waals surface area contributed by atoms with E-state index in [2.05, 4.69) is 28.7 Å². The predicted octanol–water partition coefficient (Wildman–Crippen LogP) is 3.64. The number of pyridine rings is 2. The van der Waals surface area contributed by atoms with Gasteiger partial charge in [-0.1, -0.05) is 25.4 Å². The lowest BCUT2D eigenvalue weighted by atomic mass is 9.99. The third-order valence-corrected chi connectivity index (χ3v) is 4.51. The Labute approximate surface area is 146 Å². The summed E-state index contributed by atoms with van der Waals surface area (Å²) in [5.74, 6) is 1.16. The van der Waals surface area contributed by atoms with Crippen LogP contribution in [0, 0.1) is 0 Å². The van der Waals surface area contributed by atoms with Crippen molar-refractivity contribution in [2.75, 3.05) is 31.8 Å². The van der Waals surface area contributed by atoms with Crippen LogP contribution in [-0.4, -0.2) is 47.8 Å². The zero-order chi connectivity index (χ0) is 17.3. The van der Waals surface area contributed by atoms with Crippen LogP contribution in [0.3, 0.4) is 0 Å². The summed E-state index contributed by atoms with van der Waals surface area (Å²) >= 11 is 6.10. The van der Waals surface area contributed by atoms with Gasteiger partial charge < -0.3 is 9.64 Å². The molecule has 2 aromatic heterocycles. The van der Waals surface area contributed by atoms with Crippen LogP contribution in [0.4, 0.5) is 10.6 Å². The van der Waals surface area contributed by atoms with Crippen molar-refractivity contribution < 1.29 is 9.53 Å². The lowest BCUT2D eigenvalue weighted by Crippen LogP contribution is -2.48. The van der Waals surface area contributed by atoms with Crippen molar-refractivity contribution in [3.05, 3.63) is 29.2 Å². The normalized spacial score (nSPS) is 15.2. The highest BCUT2D eigenvalue weighted by atomic mass is 35.5. The van der Waals surface area contributed by atoms with Crippen LogP contribution in [-0.2, 0) is 4.74 Å². The Morgan fingerprint density at radius 2 is 2.04 bits per heavy atom. The molecular formula is C17H21ClN4O2. The topological polar surface area (TPSA) is 58.6 Å². The summed E-state index contributed by atoms with van der Waals surface area (Å²) < 4.78 is 4.84. The zero-order valence-corrected chi connectivity index (χ0v) is 14.9. The summed E-state index contributed by atoms with van der Waals surface area (Å²) in [5, 5.41) is 2.49. The molecule has 0 unspecified atom stereocenters. The fourth-order valence-corrected chi connectivity index (χ4v) is 3.24. The Morgan fingerprint density at radius 3 is 2.75 bits per heavy atom. The lowest BCUT2D eigenvalue weighted by molar-refractivity contribution is 0.117. The Bertz CT molecular complexity index is 766. The van der Waals surface area contributed by atoms with Crippen LogP contribution in [0.15, 0.2) is 18.5 Å². The molecule has 1 amide bonds. The van der Waals surface area contributed by atoms with E-state index in [1.807, 2.05) is 12.3 Å². The number of methoxy groups -OCH3 is 1. The van der Waals surface area contributed by atoms with Gasteiger partial charge in [0.15, 0.2) is 0 Å². The summed E-state index contributed by atoms with van der Waals surface area (Å²) in [5.41, 5.74) is 1.14. The van der Waals surface area contributed by atoms with Crippen molar-refractivity contribution >= 4 is 34.3 Å². The molecule has 0 radical (unpaired) electrons. The van der Waals surface area contributed by atoms with Crippen LogP contribution in [0.2, 0.25) is 5.15 Å². The molecule has 0 N–H and O–H groups in total. The number of hydrogen-bond acceptors (Lipinski definition) is 5. The van der Waals surface area contributed by atoms with Crippen molar-refractivity contribution in [2.24, 2.45) is 0 Å². The zero-order valence-electron chi connectivity index (χ0n) is 14.1. The molecule has 7 heteroatoms. The first-order chi connectivity index (χ1) is 11.5. The van der Waals surface area contributed by atoms with E-state index in [1.54, 1.807) is 11.1 Å². The minimum absolute atomic E-state index is 0.316. The average Bonchev–Trinajstić information content (AvgIpc) is 2.59. The summed E-state index contributed by atoms with van der Waals surface area (Å²) in [6, 6.07) is 1.89. The highest BCUT2D eigenvalue weighted by Crippen LogP contribution is 2.32. The maximum absolute atomic E-state index is 11.8. The molecule has 3 rings (SSSR count). The van der Waals surface area contributed by atoms with E-state index in [0.717, 1.165) is 35.1 Å². The van der Waals surface area contributed by atoms with Crippen LogP contribution >= 0.6 is 11.6 Å². The summed E-state index contributed by atoms with van der Waals surface area (Å²) in [6.07, 6.45) is 4.22. The molecule has 0 spiro atoms. The monoisotopic (exact) mass is 348 g/mol. The molecule has 1 aliphatic rings. The van der Waals surface area contributed by atoms with E-state index in [0.29, 0.717) is 24.3 Å². The SMILES string of the molecule is COC(=O)N1CCCN(c2ncc(C(C)C)c3cc(Cl)ncc23)C1. The van der Waals surface area contributed by atoms with E-state index >= 15 is 0 Å². The molecular weight excluding hydrogens is 328 g/mol. The van der Waals surface area contributed by atoms with E-state index in [4.69, 9.17) is 16.3 Å². The van der Waals surface area contributed by atoms with E-state index < -0.39 is 0 Å². The number of amides is 1. The summed E-state index contributed by atoms with van der Waals surface area (Å²) in [6.45, 7) is 6.24. The fraction of sp³-hybridized carbons (Fsp3) is 0.471. The lowest BCUT2D eigenvalue weighted by Gasteiger charge is -2.36. The van der Waals surface area contributed by atoms with Gasteiger partial charge in [0.2, 0.25) is 0 Å². The number of carbonyl (C=O) groups is 1. The molecule has 2 aromatic rings. The van der Waals surface area contributed by atoms with Gasteiger partial charge in [-0.25, -0.2) is 14.8 Å². The molecule has 1 fully saturated rings. The Kier molecular flexibility index (Phi) is 4.76. The second kappa shape index (κ2) is 6.81. The van der Waals surface area contributed by atoms with Gasteiger partial charge in [0.1, 0.15) is 11.0 Å². The van der Waals surface area contributed by atoms with Crippen molar-refractivity contribution in [3.8, 4) is 0 Å². The molecule has 24 heavy (non-hydrogen) atoms. The van der Waals surface area contributed by atoms with Crippen molar-refractivity contribution in [1.29, 1.82) is 0 Å². The van der Waals surface area contributed by atoms with Gasteiger partial charge in [-0.05, 0) is 29.4 Å². The Balaban J connectivity index is 2.03. The first kappa shape index (κ1) is 16.8. The number of ether oxygens (including phenoxy) is 1. The number of rotatable bonds is 2. The van der Waals surface area contributed by atoms with Crippen LogP contribution < -0.4 is 4.90 Å². The first-order valence-electron chi connectivity index (χ1n) is 8.03. The first-order valence-corrected chi connectivity index (χ1v) is 8.41. The minimum atomic E-state index is -0.316. The molecule has 0 aliphatic carbocycles. The number of aromatic nitrogens is 2. The smallest absolute Gasteiger partial charge is 0.410 e. The van der Waals surface area contributed by atoms with Gasteiger partial charge >= 0.3 is 6.09 Å². The number of halogens is 1. The van der Waals surface area contributed by atoms with Crippen LogP contribution in [0.25, 0.3) is 10.8 Å². The standard InChI is InChI=1S/C17H21ClN4O2/c1-11(2)13-8-20-16(14-9-19-15(18)7-12(13)14)21-5-4-6-22(10-21)17(23)24-3/h7-9,11H,4-6,10H2,1-3H3. The number of carbonyl (C=O) groups excluding carboxylic acids is 1. The molecule has 3 heterocycles. The molecule has 0 aromatic carbocycles.